The van der Waals surface area contributed by atoms with E-state index in [1.807, 2.05) is 11.5 Å². The molecule has 0 radical (unpaired) electrons. The minimum Gasteiger partial charge on any atom is -0.334 e. The summed E-state index contributed by atoms with van der Waals surface area (Å²) in [5.74, 6) is 0.576. The molecule has 0 saturated carbocycles. The molecule has 1 aromatic heterocycles. The van der Waals surface area contributed by atoms with Gasteiger partial charge < -0.3 is 9.88 Å². The number of aromatic nitrogens is 2. The van der Waals surface area contributed by atoms with Gasteiger partial charge in [-0.3, -0.25) is 0 Å². The fourth-order valence-electron chi connectivity index (χ4n) is 2.28. The highest BCUT2D eigenvalue weighted by Gasteiger charge is 2.35. The summed E-state index contributed by atoms with van der Waals surface area (Å²) in [6.07, 6.45) is -1.02. The molecule has 0 amide bonds. The van der Waals surface area contributed by atoms with E-state index in [4.69, 9.17) is 0 Å². The summed E-state index contributed by atoms with van der Waals surface area (Å²) in [5.41, 5.74) is -0.451. The Morgan fingerprint density at radius 2 is 2.00 bits per heavy atom. The van der Waals surface area contributed by atoms with Crippen molar-refractivity contribution in [1.29, 1.82) is 0 Å². The maximum absolute atomic E-state index is 13.1. The van der Waals surface area contributed by atoms with Crippen LogP contribution in [0.1, 0.15) is 29.9 Å². The van der Waals surface area contributed by atoms with Gasteiger partial charge in [-0.25, -0.2) is 4.98 Å². The Morgan fingerprint density at radius 1 is 1.30 bits per heavy atom. The maximum Gasteiger partial charge on any atom is 0.416 e. The van der Waals surface area contributed by atoms with E-state index in [2.05, 4.69) is 10.3 Å². The zero-order valence-corrected chi connectivity index (χ0v) is 11.3. The topological polar surface area (TPSA) is 29.9 Å². The highest BCUT2D eigenvalue weighted by Crippen LogP contribution is 2.35. The summed E-state index contributed by atoms with van der Waals surface area (Å²) < 4.78 is 41.2. The van der Waals surface area contributed by atoms with Crippen LogP contribution in [0, 0.1) is 0 Å². The SMILES string of the molecule is CCn1ccnc1C(NC)c1ccccc1C(F)(F)F. The number of halogens is 3. The molecule has 1 unspecified atom stereocenters. The molecule has 0 aliphatic carbocycles. The first-order valence-electron chi connectivity index (χ1n) is 6.33. The van der Waals surface area contributed by atoms with Crippen molar-refractivity contribution < 1.29 is 13.2 Å². The number of nitrogens with zero attached hydrogens (tertiary/aromatic N) is 2. The Kier molecular flexibility index (Phi) is 4.13. The molecule has 2 aromatic rings. The van der Waals surface area contributed by atoms with Crippen LogP contribution in [0.15, 0.2) is 36.7 Å². The van der Waals surface area contributed by atoms with Gasteiger partial charge in [-0.2, -0.15) is 13.2 Å². The number of alkyl halides is 3. The van der Waals surface area contributed by atoms with E-state index in [9.17, 15) is 13.2 Å². The molecular weight excluding hydrogens is 267 g/mol. The summed E-state index contributed by atoms with van der Waals surface area (Å²) in [4.78, 5) is 4.19. The van der Waals surface area contributed by atoms with E-state index in [1.54, 1.807) is 25.5 Å². The number of nitrogens with one attached hydrogen (secondary N) is 1. The minimum atomic E-state index is -4.38. The maximum atomic E-state index is 13.1. The van der Waals surface area contributed by atoms with Gasteiger partial charge >= 0.3 is 6.18 Å². The van der Waals surface area contributed by atoms with E-state index in [1.165, 1.54) is 12.1 Å². The van der Waals surface area contributed by atoms with E-state index in [0.717, 1.165) is 6.07 Å². The van der Waals surface area contributed by atoms with Crippen molar-refractivity contribution in [2.24, 2.45) is 0 Å². The largest absolute Gasteiger partial charge is 0.416 e. The predicted molar refractivity (Wildman–Crippen MR) is 70.2 cm³/mol. The zero-order valence-electron chi connectivity index (χ0n) is 11.3. The smallest absolute Gasteiger partial charge is 0.334 e. The first-order valence-corrected chi connectivity index (χ1v) is 6.33. The van der Waals surface area contributed by atoms with Crippen molar-refractivity contribution in [3.63, 3.8) is 0 Å². The Balaban J connectivity index is 2.53. The van der Waals surface area contributed by atoms with Crippen molar-refractivity contribution in [1.82, 2.24) is 14.9 Å². The lowest BCUT2D eigenvalue weighted by Gasteiger charge is -2.21. The molecule has 1 N–H and O–H groups in total. The first-order chi connectivity index (χ1) is 9.49. The third kappa shape index (κ3) is 2.70. The van der Waals surface area contributed by atoms with E-state index in [-0.39, 0.29) is 5.56 Å². The second-order valence-electron chi connectivity index (χ2n) is 4.38. The Bertz CT molecular complexity index is 575. The van der Waals surface area contributed by atoms with Gasteiger partial charge in [0.2, 0.25) is 0 Å². The molecule has 6 heteroatoms. The van der Waals surface area contributed by atoms with Gasteiger partial charge in [0.05, 0.1) is 11.6 Å². The van der Waals surface area contributed by atoms with Gasteiger partial charge in [0.25, 0.3) is 0 Å². The van der Waals surface area contributed by atoms with Gasteiger partial charge in [0, 0.05) is 18.9 Å². The molecule has 0 bridgehead atoms. The standard InChI is InChI=1S/C14H16F3N3/c1-3-20-9-8-19-13(20)12(18-2)10-6-4-5-7-11(10)14(15,16)17/h4-9,12,18H,3H2,1-2H3. The first kappa shape index (κ1) is 14.6. The van der Waals surface area contributed by atoms with Crippen LogP contribution < -0.4 is 5.32 Å². The molecule has 1 aromatic carbocycles. The average molecular weight is 283 g/mol. The third-order valence-electron chi connectivity index (χ3n) is 3.21. The monoisotopic (exact) mass is 283 g/mol. The molecule has 3 nitrogen and oxygen atoms in total. The highest BCUT2D eigenvalue weighted by molar-refractivity contribution is 5.35. The number of benzene rings is 1. The van der Waals surface area contributed by atoms with Crippen LogP contribution in [0.5, 0.6) is 0 Å². The molecule has 0 aliphatic heterocycles. The highest BCUT2D eigenvalue weighted by atomic mass is 19.4. The summed E-state index contributed by atoms with van der Waals surface area (Å²) in [7, 11) is 1.63. The predicted octanol–water partition coefficient (Wildman–Crippen LogP) is 3.23. The molecule has 0 saturated heterocycles. The van der Waals surface area contributed by atoms with Gasteiger partial charge in [-0.15, -0.1) is 0 Å². The van der Waals surface area contributed by atoms with E-state index >= 15 is 0 Å². The lowest BCUT2D eigenvalue weighted by molar-refractivity contribution is -0.138. The lowest BCUT2D eigenvalue weighted by Crippen LogP contribution is -2.25. The minimum absolute atomic E-state index is 0.184. The second-order valence-corrected chi connectivity index (χ2v) is 4.38. The normalized spacial score (nSPS) is 13.4. The molecule has 0 fully saturated rings. The van der Waals surface area contributed by atoms with Crippen LogP contribution in [0.4, 0.5) is 13.2 Å². The lowest BCUT2D eigenvalue weighted by atomic mass is 9.99. The van der Waals surface area contributed by atoms with Crippen LogP contribution in [-0.4, -0.2) is 16.6 Å². The van der Waals surface area contributed by atoms with Crippen LogP contribution in [0.3, 0.4) is 0 Å². The third-order valence-corrected chi connectivity index (χ3v) is 3.21. The molecule has 1 atom stereocenters. The van der Waals surface area contributed by atoms with Crippen LogP contribution in [0.25, 0.3) is 0 Å². The van der Waals surface area contributed by atoms with Crippen molar-refractivity contribution in [2.45, 2.75) is 25.7 Å². The summed E-state index contributed by atoms with van der Waals surface area (Å²) >= 11 is 0. The molecule has 20 heavy (non-hydrogen) atoms. The number of rotatable bonds is 4. The zero-order chi connectivity index (χ0) is 14.8. The number of hydrogen-bond donors (Lipinski definition) is 1. The number of hydrogen-bond acceptors (Lipinski definition) is 2. The van der Waals surface area contributed by atoms with Crippen molar-refractivity contribution >= 4 is 0 Å². The van der Waals surface area contributed by atoms with Gasteiger partial charge in [-0.1, -0.05) is 18.2 Å². The van der Waals surface area contributed by atoms with Crippen molar-refractivity contribution in [3.8, 4) is 0 Å². The summed E-state index contributed by atoms with van der Waals surface area (Å²) in [5, 5.41) is 2.92. The second kappa shape index (κ2) is 5.66. The Labute approximate surface area is 115 Å². The van der Waals surface area contributed by atoms with Gasteiger partial charge in [0.15, 0.2) is 0 Å². The number of aryl methyl sites for hydroxylation is 1. The van der Waals surface area contributed by atoms with Gasteiger partial charge in [-0.05, 0) is 25.6 Å². The Hall–Kier alpha value is -1.82. The molecule has 2 rings (SSSR count). The summed E-state index contributed by atoms with van der Waals surface area (Å²) in [6.45, 7) is 2.58. The number of imidazole rings is 1. The van der Waals surface area contributed by atoms with Crippen LogP contribution >= 0.6 is 0 Å². The van der Waals surface area contributed by atoms with E-state index < -0.39 is 17.8 Å². The fraction of sp³-hybridized carbons (Fsp3) is 0.357. The average Bonchev–Trinajstić information content (AvgIpc) is 2.87. The fourth-order valence-corrected chi connectivity index (χ4v) is 2.28. The van der Waals surface area contributed by atoms with Gasteiger partial charge in [0.1, 0.15) is 5.82 Å². The van der Waals surface area contributed by atoms with E-state index in [0.29, 0.717) is 12.4 Å². The molecule has 0 aliphatic rings. The molecular formula is C14H16F3N3. The van der Waals surface area contributed by atoms with Crippen LogP contribution in [-0.2, 0) is 12.7 Å². The Morgan fingerprint density at radius 3 is 2.60 bits per heavy atom. The van der Waals surface area contributed by atoms with Crippen molar-refractivity contribution in [2.75, 3.05) is 7.05 Å². The summed E-state index contributed by atoms with van der Waals surface area (Å²) in [6, 6.07) is 4.99. The molecule has 1 heterocycles. The quantitative estimate of drug-likeness (QED) is 0.933. The molecule has 108 valence electrons. The molecule has 0 spiro atoms. The van der Waals surface area contributed by atoms with Crippen molar-refractivity contribution in [3.05, 3.63) is 53.6 Å². The van der Waals surface area contributed by atoms with Crippen LogP contribution in [0.2, 0.25) is 0 Å².